The summed E-state index contributed by atoms with van der Waals surface area (Å²) in [4.78, 5) is 36.8. The maximum absolute atomic E-state index is 15.6. The summed E-state index contributed by atoms with van der Waals surface area (Å²) in [6.45, 7) is 2.67. The predicted molar refractivity (Wildman–Crippen MR) is 150 cm³/mol. The highest BCUT2D eigenvalue weighted by Gasteiger charge is 2.43. The number of carbonyl (C=O) groups is 1. The summed E-state index contributed by atoms with van der Waals surface area (Å²) in [6, 6.07) is 5.28. The maximum atomic E-state index is 15.6. The number of benzene rings is 1. The van der Waals surface area contributed by atoms with Crippen LogP contribution in [0.25, 0.3) is 10.8 Å². The van der Waals surface area contributed by atoms with E-state index in [1.54, 1.807) is 34.9 Å². The lowest BCUT2D eigenvalue weighted by molar-refractivity contribution is -0.140. The summed E-state index contributed by atoms with van der Waals surface area (Å²) in [5.41, 5.74) is -1.44. The smallest absolute Gasteiger partial charge is 0.419 e. The molecule has 3 aliphatic rings. The van der Waals surface area contributed by atoms with Gasteiger partial charge in [0.05, 0.1) is 22.7 Å². The van der Waals surface area contributed by atoms with Gasteiger partial charge in [0.15, 0.2) is 0 Å². The average Bonchev–Trinajstić information content (AvgIpc) is 2.98. The Kier molecular flexibility index (Phi) is 7.43. The number of anilines is 1. The number of alkyl halides is 3. The minimum atomic E-state index is -4.52. The van der Waals surface area contributed by atoms with Crippen molar-refractivity contribution in [2.24, 2.45) is 5.41 Å². The van der Waals surface area contributed by atoms with E-state index in [2.05, 4.69) is 20.2 Å². The Balaban J connectivity index is 1.12. The van der Waals surface area contributed by atoms with E-state index in [9.17, 15) is 22.8 Å². The van der Waals surface area contributed by atoms with Gasteiger partial charge >= 0.3 is 6.18 Å². The van der Waals surface area contributed by atoms with Crippen LogP contribution in [0, 0.1) is 5.41 Å². The van der Waals surface area contributed by atoms with Crippen LogP contribution < -0.4 is 15.2 Å². The van der Waals surface area contributed by atoms with Crippen LogP contribution in [0.1, 0.15) is 43.9 Å². The number of piperazine rings is 1. The van der Waals surface area contributed by atoms with E-state index in [-0.39, 0.29) is 49.4 Å². The molecular weight excluding hydrogens is 568 g/mol. The lowest BCUT2D eigenvalue weighted by atomic mass is 9.78. The molecule has 226 valence electrons. The summed E-state index contributed by atoms with van der Waals surface area (Å²) < 4.78 is 60.1. The lowest BCUT2D eigenvalue weighted by Gasteiger charge is -2.39. The zero-order valence-electron chi connectivity index (χ0n) is 23.5. The van der Waals surface area contributed by atoms with Crippen molar-refractivity contribution < 1.29 is 27.1 Å². The van der Waals surface area contributed by atoms with Gasteiger partial charge in [-0.3, -0.25) is 9.59 Å². The van der Waals surface area contributed by atoms with Gasteiger partial charge in [-0.25, -0.2) is 19.5 Å². The summed E-state index contributed by atoms with van der Waals surface area (Å²) in [6.07, 6.45) is 3.82. The first-order valence-corrected chi connectivity index (χ1v) is 14.2. The number of rotatable bonds is 6. The molecule has 2 aliphatic carbocycles. The molecule has 1 amide bonds. The molecule has 1 saturated heterocycles. The van der Waals surface area contributed by atoms with Crippen molar-refractivity contribution in [1.82, 2.24) is 25.1 Å². The SMILES string of the molecule is CC1(C(=O)N2CCN(c3ncc(C(F)(F)F)cn3)CC2)CC=C(Cc2n[nH]c(=O)c3ccc(OC4CCC4)cc23)C=C1F. The maximum Gasteiger partial charge on any atom is 0.419 e. The van der Waals surface area contributed by atoms with Gasteiger partial charge in [0.1, 0.15) is 17.0 Å². The molecule has 0 bridgehead atoms. The van der Waals surface area contributed by atoms with E-state index in [0.717, 1.165) is 31.7 Å². The third-order valence-electron chi connectivity index (χ3n) is 8.46. The Labute approximate surface area is 244 Å². The van der Waals surface area contributed by atoms with Crippen LogP contribution in [-0.4, -0.2) is 63.3 Å². The quantitative estimate of drug-likeness (QED) is 0.409. The third-order valence-corrected chi connectivity index (χ3v) is 8.46. The van der Waals surface area contributed by atoms with Crippen LogP contribution in [0.2, 0.25) is 0 Å². The Morgan fingerprint density at radius 2 is 1.84 bits per heavy atom. The molecule has 1 aliphatic heterocycles. The summed E-state index contributed by atoms with van der Waals surface area (Å²) in [5, 5.41) is 7.86. The number of hydrogen-bond acceptors (Lipinski definition) is 7. The molecule has 1 aromatic carbocycles. The predicted octanol–water partition coefficient (Wildman–Crippen LogP) is 4.74. The van der Waals surface area contributed by atoms with E-state index in [1.165, 1.54) is 6.08 Å². The Bertz CT molecular complexity index is 1660. The van der Waals surface area contributed by atoms with E-state index in [1.807, 2.05) is 6.08 Å². The second kappa shape index (κ2) is 11.1. The number of halogens is 4. The monoisotopic (exact) mass is 598 g/mol. The Hall–Kier alpha value is -4.29. The fraction of sp³-hybridized carbons (Fsp3) is 0.433. The number of nitrogens with zero attached hydrogens (tertiary/aromatic N) is 5. The molecule has 2 aromatic heterocycles. The van der Waals surface area contributed by atoms with Crippen molar-refractivity contribution in [2.75, 3.05) is 31.1 Å². The first kappa shape index (κ1) is 28.8. The van der Waals surface area contributed by atoms with Gasteiger partial charge in [-0.1, -0.05) is 6.08 Å². The highest BCUT2D eigenvalue weighted by molar-refractivity contribution is 5.87. The van der Waals surface area contributed by atoms with E-state index in [4.69, 9.17) is 4.74 Å². The van der Waals surface area contributed by atoms with Crippen LogP contribution in [0.4, 0.5) is 23.5 Å². The molecule has 43 heavy (non-hydrogen) atoms. The molecule has 1 N–H and O–H groups in total. The molecule has 9 nitrogen and oxygen atoms in total. The van der Waals surface area contributed by atoms with Crippen molar-refractivity contribution in [1.29, 1.82) is 0 Å². The Morgan fingerprint density at radius 3 is 2.47 bits per heavy atom. The zero-order valence-corrected chi connectivity index (χ0v) is 23.5. The van der Waals surface area contributed by atoms with Crippen molar-refractivity contribution in [2.45, 2.75) is 51.3 Å². The van der Waals surface area contributed by atoms with E-state index >= 15 is 4.39 Å². The molecule has 0 radical (unpaired) electrons. The van der Waals surface area contributed by atoms with Crippen LogP contribution in [0.15, 0.2) is 58.9 Å². The number of H-pyrrole nitrogens is 1. The number of hydrogen-bond donors (Lipinski definition) is 1. The second-order valence-electron chi connectivity index (χ2n) is 11.4. The van der Waals surface area contributed by atoms with Crippen molar-refractivity contribution in [3.63, 3.8) is 0 Å². The molecule has 3 heterocycles. The topological polar surface area (TPSA) is 104 Å². The van der Waals surface area contributed by atoms with Crippen molar-refractivity contribution >= 4 is 22.6 Å². The fourth-order valence-electron chi connectivity index (χ4n) is 5.50. The molecule has 1 atom stereocenters. The molecule has 3 aromatic rings. The van der Waals surface area contributed by atoms with Gasteiger partial charge < -0.3 is 14.5 Å². The van der Waals surface area contributed by atoms with Gasteiger partial charge in [-0.15, -0.1) is 0 Å². The number of ether oxygens (including phenoxy) is 1. The largest absolute Gasteiger partial charge is 0.490 e. The summed E-state index contributed by atoms with van der Waals surface area (Å²) in [5.74, 6) is -0.123. The molecule has 6 rings (SSSR count). The highest BCUT2D eigenvalue weighted by Crippen LogP contribution is 2.40. The normalized spacial score (nSPS) is 21.3. The molecule has 13 heteroatoms. The second-order valence-corrected chi connectivity index (χ2v) is 11.4. The molecular formula is C30H30F4N6O3. The number of carbonyl (C=O) groups excluding carboxylic acids is 1. The van der Waals surface area contributed by atoms with Crippen molar-refractivity contribution in [3.8, 4) is 5.75 Å². The van der Waals surface area contributed by atoms with Crippen LogP contribution in [0.5, 0.6) is 5.75 Å². The first-order valence-electron chi connectivity index (χ1n) is 14.2. The third kappa shape index (κ3) is 5.72. The molecule has 1 saturated carbocycles. The highest BCUT2D eigenvalue weighted by atomic mass is 19.4. The van der Waals surface area contributed by atoms with Crippen LogP contribution >= 0.6 is 0 Å². The lowest BCUT2D eigenvalue weighted by Crippen LogP contribution is -2.53. The zero-order chi connectivity index (χ0) is 30.4. The number of fused-ring (bicyclic) bond motifs is 1. The number of nitrogens with one attached hydrogen (secondary N) is 1. The minimum Gasteiger partial charge on any atom is -0.490 e. The van der Waals surface area contributed by atoms with Gasteiger partial charge in [0, 0.05) is 50.4 Å². The number of aromatic nitrogens is 4. The molecule has 2 fully saturated rings. The average molecular weight is 599 g/mol. The van der Waals surface area contributed by atoms with E-state index < -0.39 is 23.0 Å². The Morgan fingerprint density at radius 1 is 1.12 bits per heavy atom. The van der Waals surface area contributed by atoms with Crippen LogP contribution in [-0.2, 0) is 17.4 Å². The van der Waals surface area contributed by atoms with Crippen molar-refractivity contribution in [3.05, 3.63) is 75.8 Å². The fourth-order valence-corrected chi connectivity index (χ4v) is 5.50. The number of aromatic amines is 1. The molecule has 1 unspecified atom stereocenters. The van der Waals surface area contributed by atoms with Gasteiger partial charge in [-0.05, 0) is 62.5 Å². The summed E-state index contributed by atoms with van der Waals surface area (Å²) in [7, 11) is 0. The van der Waals surface area contributed by atoms with Gasteiger partial charge in [-0.2, -0.15) is 18.3 Å². The number of allylic oxidation sites excluding steroid dienone is 3. The first-order chi connectivity index (χ1) is 20.5. The van der Waals surface area contributed by atoms with Gasteiger partial charge in [0.25, 0.3) is 5.56 Å². The standard InChI is InChI=1S/C30H30F4N6O3/c1-29(27(42)39-9-11-40(12-10-39)28-35-16-19(17-36-28)30(32,33)34)8-7-18(14-25(29)31)13-24-23-15-21(43-20-3-2-4-20)5-6-22(23)26(41)38-37-24/h5-7,14-17,20H,2-4,8-13H2,1H3,(H,38,41). The van der Waals surface area contributed by atoms with Gasteiger partial charge in [0.2, 0.25) is 11.9 Å². The van der Waals surface area contributed by atoms with Crippen LogP contribution in [0.3, 0.4) is 0 Å². The van der Waals surface area contributed by atoms with E-state index in [0.29, 0.717) is 40.9 Å². The molecule has 0 spiro atoms. The number of amides is 1. The summed E-state index contributed by atoms with van der Waals surface area (Å²) >= 11 is 0. The minimum absolute atomic E-state index is 0.142.